The highest BCUT2D eigenvalue weighted by Gasteiger charge is 2.24. The first-order chi connectivity index (χ1) is 9.10. The Bertz CT molecular complexity index is 457. The molecule has 0 aliphatic heterocycles. The van der Waals surface area contributed by atoms with Crippen LogP contribution in [0.4, 0.5) is 5.69 Å². The number of methoxy groups -OCH3 is 1. The molecule has 1 saturated carbocycles. The summed E-state index contributed by atoms with van der Waals surface area (Å²) < 4.78 is 5.26. The number of benzene rings is 1. The minimum Gasteiger partial charge on any atom is -0.496 e. The number of carbonyl (C=O) groups is 1. The average Bonchev–Trinajstić information content (AvgIpc) is 2.41. The van der Waals surface area contributed by atoms with E-state index in [1.807, 2.05) is 25.1 Å². The van der Waals surface area contributed by atoms with E-state index in [1.54, 1.807) is 7.11 Å². The van der Waals surface area contributed by atoms with Gasteiger partial charge in [0.25, 0.3) is 0 Å². The molecule has 0 radical (unpaired) electrons. The number of halogens is 1. The van der Waals surface area contributed by atoms with Crippen LogP contribution in [0.25, 0.3) is 0 Å². The van der Waals surface area contributed by atoms with E-state index in [1.165, 1.54) is 0 Å². The molecule has 2 rings (SSSR count). The van der Waals surface area contributed by atoms with Crippen LogP contribution in [0, 0.1) is 12.8 Å². The summed E-state index contributed by atoms with van der Waals surface area (Å²) in [5.41, 5.74) is 7.71. The molecule has 1 aromatic carbocycles. The lowest BCUT2D eigenvalue weighted by Gasteiger charge is -2.25. The lowest BCUT2D eigenvalue weighted by atomic mass is 9.86. The molecule has 0 saturated heterocycles. The summed E-state index contributed by atoms with van der Waals surface area (Å²) in [6.07, 6.45) is 3.65. The monoisotopic (exact) mass is 298 g/mol. The van der Waals surface area contributed by atoms with Gasteiger partial charge in [-0.25, -0.2) is 0 Å². The molecule has 0 bridgehead atoms. The third kappa shape index (κ3) is 4.12. The Balaban J connectivity index is 0.00000200. The first-order valence-electron chi connectivity index (χ1n) is 6.81. The minimum absolute atomic E-state index is 0. The third-order valence-electron chi connectivity index (χ3n) is 3.82. The zero-order valence-corrected chi connectivity index (χ0v) is 12.8. The highest BCUT2D eigenvalue weighted by molar-refractivity contribution is 5.92. The second-order valence-electron chi connectivity index (χ2n) is 5.29. The van der Waals surface area contributed by atoms with Crippen molar-refractivity contribution < 1.29 is 9.53 Å². The molecule has 1 aliphatic rings. The van der Waals surface area contributed by atoms with Gasteiger partial charge in [0.1, 0.15) is 5.75 Å². The van der Waals surface area contributed by atoms with Crippen molar-refractivity contribution in [3.05, 3.63) is 23.8 Å². The Morgan fingerprint density at radius 2 is 1.95 bits per heavy atom. The maximum Gasteiger partial charge on any atom is 0.227 e. The molecule has 1 amide bonds. The maximum absolute atomic E-state index is 12.2. The van der Waals surface area contributed by atoms with Crippen LogP contribution in [0.2, 0.25) is 0 Å². The highest BCUT2D eigenvalue weighted by Crippen LogP contribution is 2.26. The van der Waals surface area contributed by atoms with Crippen molar-refractivity contribution in [1.82, 2.24) is 0 Å². The summed E-state index contributed by atoms with van der Waals surface area (Å²) in [4.78, 5) is 12.2. The molecule has 0 atom stereocenters. The fourth-order valence-electron chi connectivity index (χ4n) is 2.52. The molecule has 0 heterocycles. The molecule has 112 valence electrons. The molecule has 1 aromatic rings. The Morgan fingerprint density at radius 3 is 2.55 bits per heavy atom. The lowest BCUT2D eigenvalue weighted by molar-refractivity contribution is -0.120. The molecular formula is C15H23ClN2O2. The molecule has 0 unspecified atom stereocenters. The molecule has 1 fully saturated rings. The predicted molar refractivity (Wildman–Crippen MR) is 83.5 cm³/mol. The number of nitrogens with one attached hydrogen (secondary N) is 1. The van der Waals surface area contributed by atoms with E-state index in [4.69, 9.17) is 10.5 Å². The first-order valence-corrected chi connectivity index (χ1v) is 6.81. The zero-order chi connectivity index (χ0) is 13.8. The van der Waals surface area contributed by atoms with Crippen LogP contribution < -0.4 is 15.8 Å². The van der Waals surface area contributed by atoms with Crippen LogP contribution in [-0.4, -0.2) is 19.1 Å². The fourth-order valence-corrected chi connectivity index (χ4v) is 2.52. The number of amides is 1. The summed E-state index contributed by atoms with van der Waals surface area (Å²) in [5, 5.41) is 2.97. The van der Waals surface area contributed by atoms with Crippen molar-refractivity contribution in [2.75, 3.05) is 12.4 Å². The van der Waals surface area contributed by atoms with Gasteiger partial charge in [-0.3, -0.25) is 4.79 Å². The number of anilines is 1. The van der Waals surface area contributed by atoms with Crippen LogP contribution >= 0.6 is 12.4 Å². The summed E-state index contributed by atoms with van der Waals surface area (Å²) >= 11 is 0. The van der Waals surface area contributed by atoms with E-state index >= 15 is 0 Å². The van der Waals surface area contributed by atoms with Gasteiger partial charge in [-0.2, -0.15) is 0 Å². The van der Waals surface area contributed by atoms with Gasteiger partial charge < -0.3 is 15.8 Å². The van der Waals surface area contributed by atoms with Crippen molar-refractivity contribution in [2.24, 2.45) is 11.7 Å². The second kappa shape index (κ2) is 7.50. The molecule has 1 aliphatic carbocycles. The van der Waals surface area contributed by atoms with Gasteiger partial charge in [0.15, 0.2) is 0 Å². The Hall–Kier alpha value is -1.26. The fraction of sp³-hybridized carbons (Fsp3) is 0.533. The van der Waals surface area contributed by atoms with Crippen molar-refractivity contribution >= 4 is 24.0 Å². The molecule has 3 N–H and O–H groups in total. The molecule has 20 heavy (non-hydrogen) atoms. The molecular weight excluding hydrogens is 276 g/mol. The Kier molecular flexibility index (Phi) is 6.30. The average molecular weight is 299 g/mol. The summed E-state index contributed by atoms with van der Waals surface area (Å²) in [6, 6.07) is 5.99. The van der Waals surface area contributed by atoms with E-state index in [2.05, 4.69) is 5.32 Å². The van der Waals surface area contributed by atoms with Crippen molar-refractivity contribution in [3.63, 3.8) is 0 Å². The van der Waals surface area contributed by atoms with Gasteiger partial charge in [0, 0.05) is 23.7 Å². The number of nitrogens with two attached hydrogens (primary N) is 1. The van der Waals surface area contributed by atoms with Gasteiger partial charge in [0.2, 0.25) is 5.91 Å². The molecule has 5 heteroatoms. The van der Waals surface area contributed by atoms with Crippen molar-refractivity contribution in [3.8, 4) is 5.75 Å². The number of hydrogen-bond acceptors (Lipinski definition) is 3. The topological polar surface area (TPSA) is 64.3 Å². The number of aryl methyl sites for hydroxylation is 1. The SMILES string of the molecule is COc1cc(NC(=O)C2CCC(N)CC2)ccc1C.Cl. The van der Waals surface area contributed by atoms with Crippen LogP contribution in [0.5, 0.6) is 5.75 Å². The molecule has 0 spiro atoms. The molecule has 0 aromatic heterocycles. The maximum atomic E-state index is 12.2. The lowest BCUT2D eigenvalue weighted by Crippen LogP contribution is -2.32. The van der Waals surface area contributed by atoms with Gasteiger partial charge >= 0.3 is 0 Å². The Morgan fingerprint density at radius 1 is 1.30 bits per heavy atom. The van der Waals surface area contributed by atoms with Crippen molar-refractivity contribution in [2.45, 2.75) is 38.6 Å². The van der Waals surface area contributed by atoms with Gasteiger partial charge in [0.05, 0.1) is 7.11 Å². The van der Waals surface area contributed by atoms with Crippen LogP contribution in [0.15, 0.2) is 18.2 Å². The van der Waals surface area contributed by atoms with Gasteiger partial charge in [-0.1, -0.05) is 6.07 Å². The first kappa shape index (κ1) is 16.8. The van der Waals surface area contributed by atoms with E-state index in [0.29, 0.717) is 0 Å². The van der Waals surface area contributed by atoms with Crippen LogP contribution in [0.3, 0.4) is 0 Å². The third-order valence-corrected chi connectivity index (χ3v) is 3.82. The number of ether oxygens (including phenoxy) is 1. The van der Waals surface area contributed by atoms with Gasteiger partial charge in [-0.15, -0.1) is 12.4 Å². The summed E-state index contributed by atoms with van der Waals surface area (Å²) in [7, 11) is 1.64. The number of carbonyl (C=O) groups excluding carboxylic acids is 1. The van der Waals surface area contributed by atoms with Crippen LogP contribution in [0.1, 0.15) is 31.2 Å². The van der Waals surface area contributed by atoms with E-state index in [9.17, 15) is 4.79 Å². The predicted octanol–water partition coefficient (Wildman–Crippen LogP) is 2.88. The minimum atomic E-state index is 0. The largest absolute Gasteiger partial charge is 0.496 e. The zero-order valence-electron chi connectivity index (χ0n) is 12.0. The second-order valence-corrected chi connectivity index (χ2v) is 5.29. The normalized spacial score (nSPS) is 21.8. The Labute approximate surface area is 126 Å². The summed E-state index contributed by atoms with van der Waals surface area (Å²) in [5.74, 6) is 0.980. The quantitative estimate of drug-likeness (QED) is 0.902. The van der Waals surface area contributed by atoms with E-state index in [0.717, 1.165) is 42.7 Å². The van der Waals surface area contributed by atoms with Crippen molar-refractivity contribution in [1.29, 1.82) is 0 Å². The highest BCUT2D eigenvalue weighted by atomic mass is 35.5. The number of hydrogen-bond donors (Lipinski definition) is 2. The van der Waals surface area contributed by atoms with E-state index in [-0.39, 0.29) is 30.3 Å². The summed E-state index contributed by atoms with van der Waals surface area (Å²) in [6.45, 7) is 1.98. The van der Waals surface area contributed by atoms with Gasteiger partial charge in [-0.05, 0) is 44.2 Å². The standard InChI is InChI=1S/C15H22N2O2.ClH/c1-10-3-8-13(9-14(10)19-2)17-15(18)11-4-6-12(16)7-5-11;/h3,8-9,11-12H,4-7,16H2,1-2H3,(H,17,18);1H. The van der Waals surface area contributed by atoms with E-state index < -0.39 is 0 Å². The smallest absolute Gasteiger partial charge is 0.227 e. The molecule has 4 nitrogen and oxygen atoms in total. The van der Waals surface area contributed by atoms with Crippen LogP contribution in [-0.2, 0) is 4.79 Å². The number of rotatable bonds is 3.